The number of likely N-dealkylation sites (N-methyl/N-ethyl adjacent to an activating group) is 1. The van der Waals surface area contributed by atoms with Crippen molar-refractivity contribution in [3.8, 4) is 0 Å². The molecule has 5 nitrogen and oxygen atoms in total. The van der Waals surface area contributed by atoms with Crippen LogP contribution in [-0.4, -0.2) is 74.8 Å². The molecular formula is C16H30N2O3. The average Bonchev–Trinajstić information content (AvgIpc) is 3.17. The second kappa shape index (κ2) is 6.50. The molecule has 2 aliphatic heterocycles. The molecule has 2 N–H and O–H groups in total. The van der Waals surface area contributed by atoms with Crippen molar-refractivity contribution in [3.63, 3.8) is 0 Å². The van der Waals surface area contributed by atoms with Gasteiger partial charge in [0.15, 0.2) is 0 Å². The van der Waals surface area contributed by atoms with Gasteiger partial charge >= 0.3 is 0 Å². The molecule has 1 aliphatic carbocycles. The summed E-state index contributed by atoms with van der Waals surface area (Å²) in [5, 5.41) is 14.3. The van der Waals surface area contributed by atoms with E-state index in [0.29, 0.717) is 13.2 Å². The lowest BCUT2D eigenvalue weighted by Gasteiger charge is -2.39. The highest BCUT2D eigenvalue weighted by molar-refractivity contribution is 4.93. The largest absolute Gasteiger partial charge is 0.388 e. The van der Waals surface area contributed by atoms with Gasteiger partial charge in [-0.2, -0.15) is 0 Å². The van der Waals surface area contributed by atoms with Crippen molar-refractivity contribution in [2.24, 2.45) is 5.41 Å². The second-order valence-electron chi connectivity index (χ2n) is 7.47. The predicted octanol–water partition coefficient (Wildman–Crippen LogP) is 0.618. The zero-order valence-corrected chi connectivity index (χ0v) is 13.3. The van der Waals surface area contributed by atoms with Crippen LogP contribution in [0.1, 0.15) is 32.1 Å². The topological polar surface area (TPSA) is 54.0 Å². The minimum Gasteiger partial charge on any atom is -0.388 e. The first-order chi connectivity index (χ1) is 10.1. The molecule has 2 heterocycles. The van der Waals surface area contributed by atoms with Crippen LogP contribution in [0.25, 0.3) is 0 Å². The molecule has 3 fully saturated rings. The van der Waals surface area contributed by atoms with Crippen LogP contribution in [0.3, 0.4) is 0 Å². The van der Waals surface area contributed by atoms with Crippen LogP contribution in [0.4, 0.5) is 0 Å². The minimum absolute atomic E-state index is 0.221. The summed E-state index contributed by atoms with van der Waals surface area (Å²) in [5.74, 6) is 0. The fraction of sp³-hybridized carbons (Fsp3) is 1.00. The van der Waals surface area contributed by atoms with Gasteiger partial charge in [-0.3, -0.25) is 0 Å². The Kier molecular flexibility index (Phi) is 4.86. The number of nitrogens with zero attached hydrogens (tertiary/aromatic N) is 1. The lowest BCUT2D eigenvalue weighted by molar-refractivity contribution is -0.0804. The molecule has 3 aliphatic rings. The fourth-order valence-electron chi connectivity index (χ4n) is 3.66. The third-order valence-corrected chi connectivity index (χ3v) is 5.12. The Bertz CT molecular complexity index is 334. The van der Waals surface area contributed by atoms with E-state index in [2.05, 4.69) is 17.3 Å². The monoisotopic (exact) mass is 298 g/mol. The van der Waals surface area contributed by atoms with Crippen LogP contribution in [0, 0.1) is 5.41 Å². The third kappa shape index (κ3) is 4.39. The summed E-state index contributed by atoms with van der Waals surface area (Å²) in [6.45, 7) is 5.86. The molecule has 1 atom stereocenters. The molecule has 1 unspecified atom stereocenters. The van der Waals surface area contributed by atoms with Gasteiger partial charge in [0.2, 0.25) is 0 Å². The summed E-state index contributed by atoms with van der Waals surface area (Å²) in [6, 6.07) is 0.743. The molecule has 0 spiro atoms. The Hall–Kier alpha value is -0.200. The lowest BCUT2D eigenvalue weighted by Crippen LogP contribution is -2.50. The molecule has 0 aromatic heterocycles. The van der Waals surface area contributed by atoms with Gasteiger partial charge < -0.3 is 24.8 Å². The highest BCUT2D eigenvalue weighted by atomic mass is 16.5. The van der Waals surface area contributed by atoms with Crippen molar-refractivity contribution >= 4 is 0 Å². The van der Waals surface area contributed by atoms with E-state index in [1.165, 1.54) is 12.8 Å². The molecular weight excluding hydrogens is 268 g/mol. The Morgan fingerprint density at radius 2 is 1.81 bits per heavy atom. The smallest absolute Gasteiger partial charge is 0.0817 e. The zero-order chi connectivity index (χ0) is 14.8. The van der Waals surface area contributed by atoms with E-state index in [1.807, 2.05) is 0 Å². The van der Waals surface area contributed by atoms with Crippen LogP contribution >= 0.6 is 0 Å². The van der Waals surface area contributed by atoms with Gasteiger partial charge in [0.1, 0.15) is 0 Å². The van der Waals surface area contributed by atoms with Gasteiger partial charge in [0.25, 0.3) is 0 Å². The van der Waals surface area contributed by atoms with Crippen LogP contribution in [0.2, 0.25) is 0 Å². The molecule has 0 radical (unpaired) electrons. The first-order valence-corrected chi connectivity index (χ1v) is 8.39. The van der Waals surface area contributed by atoms with E-state index >= 15 is 0 Å². The van der Waals surface area contributed by atoms with Crippen molar-refractivity contribution < 1.29 is 14.6 Å². The summed E-state index contributed by atoms with van der Waals surface area (Å²) in [7, 11) is 2.13. The van der Waals surface area contributed by atoms with Gasteiger partial charge in [-0.15, -0.1) is 0 Å². The highest BCUT2D eigenvalue weighted by Crippen LogP contribution is 2.31. The van der Waals surface area contributed by atoms with E-state index in [-0.39, 0.29) is 5.41 Å². The highest BCUT2D eigenvalue weighted by Gasteiger charge is 2.39. The van der Waals surface area contributed by atoms with E-state index in [4.69, 9.17) is 9.47 Å². The quantitative estimate of drug-likeness (QED) is 0.721. The molecule has 2 saturated heterocycles. The first kappa shape index (κ1) is 15.7. The van der Waals surface area contributed by atoms with Crippen molar-refractivity contribution in [2.75, 3.05) is 53.1 Å². The number of aliphatic hydroxyl groups is 1. The van der Waals surface area contributed by atoms with Gasteiger partial charge in [0.05, 0.1) is 12.2 Å². The molecule has 0 amide bonds. The zero-order valence-electron chi connectivity index (χ0n) is 13.3. The summed E-state index contributed by atoms with van der Waals surface area (Å²) in [5.41, 5.74) is -0.351. The Morgan fingerprint density at radius 1 is 1.10 bits per heavy atom. The third-order valence-electron chi connectivity index (χ3n) is 5.12. The van der Waals surface area contributed by atoms with Gasteiger partial charge in [-0.1, -0.05) is 0 Å². The van der Waals surface area contributed by atoms with Crippen molar-refractivity contribution in [1.29, 1.82) is 0 Å². The summed E-state index contributed by atoms with van der Waals surface area (Å²) >= 11 is 0. The Labute approximate surface area is 128 Å². The SMILES string of the molecule is CN(CC1(O)CCOCC1)CC1(CNC2CC2)CCOC1. The van der Waals surface area contributed by atoms with Crippen LogP contribution in [0.15, 0.2) is 0 Å². The molecule has 1 saturated carbocycles. The Morgan fingerprint density at radius 3 is 2.43 bits per heavy atom. The van der Waals surface area contributed by atoms with E-state index in [9.17, 15) is 5.11 Å². The van der Waals surface area contributed by atoms with Crippen LogP contribution in [-0.2, 0) is 9.47 Å². The number of rotatable bonds is 7. The predicted molar refractivity (Wildman–Crippen MR) is 81.4 cm³/mol. The molecule has 21 heavy (non-hydrogen) atoms. The number of hydrogen-bond donors (Lipinski definition) is 2. The number of hydrogen-bond acceptors (Lipinski definition) is 5. The average molecular weight is 298 g/mol. The molecule has 5 heteroatoms. The first-order valence-electron chi connectivity index (χ1n) is 8.39. The van der Waals surface area contributed by atoms with Crippen molar-refractivity contribution in [2.45, 2.75) is 43.7 Å². The normalized spacial score (nSPS) is 32.7. The van der Waals surface area contributed by atoms with E-state index in [0.717, 1.165) is 58.2 Å². The fourth-order valence-corrected chi connectivity index (χ4v) is 3.66. The van der Waals surface area contributed by atoms with Gasteiger partial charge in [-0.05, 0) is 26.3 Å². The minimum atomic E-state index is -0.572. The standard InChI is InChI=1S/C16H30N2O3/c1-18(12-16(19)5-8-20-9-6-16)11-15(4-7-21-13-15)10-17-14-2-3-14/h14,17,19H,2-13H2,1H3. The maximum absolute atomic E-state index is 10.7. The number of nitrogens with one attached hydrogen (secondary N) is 1. The second-order valence-corrected chi connectivity index (χ2v) is 7.47. The molecule has 0 aromatic carbocycles. The molecule has 0 aromatic rings. The maximum atomic E-state index is 10.7. The molecule has 0 bridgehead atoms. The van der Waals surface area contributed by atoms with Crippen LogP contribution in [0.5, 0.6) is 0 Å². The van der Waals surface area contributed by atoms with Crippen molar-refractivity contribution in [1.82, 2.24) is 10.2 Å². The summed E-state index contributed by atoms with van der Waals surface area (Å²) < 4.78 is 11.0. The molecule has 122 valence electrons. The lowest BCUT2D eigenvalue weighted by atomic mass is 9.85. The Balaban J connectivity index is 1.51. The van der Waals surface area contributed by atoms with E-state index < -0.39 is 5.60 Å². The summed E-state index contributed by atoms with van der Waals surface area (Å²) in [6.07, 6.45) is 5.28. The molecule has 3 rings (SSSR count). The van der Waals surface area contributed by atoms with E-state index in [1.54, 1.807) is 0 Å². The van der Waals surface area contributed by atoms with Crippen LogP contribution < -0.4 is 5.32 Å². The van der Waals surface area contributed by atoms with Gasteiger partial charge in [-0.25, -0.2) is 0 Å². The summed E-state index contributed by atoms with van der Waals surface area (Å²) in [4.78, 5) is 2.30. The van der Waals surface area contributed by atoms with Gasteiger partial charge in [0, 0.05) is 63.8 Å². The maximum Gasteiger partial charge on any atom is 0.0817 e. The van der Waals surface area contributed by atoms with Crippen molar-refractivity contribution in [3.05, 3.63) is 0 Å². The number of ether oxygens (including phenoxy) is 2.